The third-order valence-corrected chi connectivity index (χ3v) is 6.08. The minimum atomic E-state index is -1.10. The van der Waals surface area contributed by atoms with E-state index >= 15 is 0 Å². The van der Waals surface area contributed by atoms with Crippen LogP contribution in [0.1, 0.15) is 59.0 Å². The van der Waals surface area contributed by atoms with E-state index in [9.17, 15) is 24.5 Å². The lowest BCUT2D eigenvalue weighted by Gasteiger charge is -2.34. The lowest BCUT2D eigenvalue weighted by Crippen LogP contribution is -2.50. The van der Waals surface area contributed by atoms with Crippen molar-refractivity contribution in [2.75, 3.05) is 0 Å². The minimum absolute atomic E-state index is 0.0187. The Morgan fingerprint density at radius 2 is 1.77 bits per heavy atom. The van der Waals surface area contributed by atoms with Crippen molar-refractivity contribution >= 4 is 35.0 Å². The number of halogens is 1. The zero-order chi connectivity index (χ0) is 22.4. The van der Waals surface area contributed by atoms with Crippen molar-refractivity contribution in [1.29, 1.82) is 0 Å². The van der Waals surface area contributed by atoms with Crippen LogP contribution in [0.4, 0.5) is 5.69 Å². The van der Waals surface area contributed by atoms with E-state index in [0.717, 1.165) is 23.3 Å². The van der Waals surface area contributed by atoms with Crippen molar-refractivity contribution < 1.29 is 19.3 Å². The first-order chi connectivity index (χ1) is 14.7. The number of rotatable bonds is 6. The van der Waals surface area contributed by atoms with Gasteiger partial charge in [0.25, 0.3) is 17.5 Å². The molecule has 2 aliphatic rings. The predicted octanol–water partition coefficient (Wildman–Crippen LogP) is 3.98. The highest BCUT2D eigenvalue weighted by Crippen LogP contribution is 2.37. The van der Waals surface area contributed by atoms with Crippen LogP contribution in [0.3, 0.4) is 0 Å². The third-order valence-electron chi connectivity index (χ3n) is 5.83. The summed E-state index contributed by atoms with van der Waals surface area (Å²) in [7, 11) is 0. The van der Waals surface area contributed by atoms with Crippen molar-refractivity contribution in [3.05, 3.63) is 74.3 Å². The van der Waals surface area contributed by atoms with Gasteiger partial charge >= 0.3 is 0 Å². The SMILES string of the molecule is CC(C(=O)N(C1CC1)C(C)c1ccc(Cl)cc1)N1C(=O)c2cccc([N+](=O)[O-])c2C1=O. The topological polar surface area (TPSA) is 101 Å². The van der Waals surface area contributed by atoms with Gasteiger partial charge in [-0.25, -0.2) is 0 Å². The molecule has 1 aliphatic heterocycles. The van der Waals surface area contributed by atoms with Gasteiger partial charge < -0.3 is 4.90 Å². The molecule has 0 saturated heterocycles. The van der Waals surface area contributed by atoms with Crippen LogP contribution in [0, 0.1) is 10.1 Å². The number of benzene rings is 2. The fraction of sp³-hybridized carbons (Fsp3) is 0.318. The molecule has 160 valence electrons. The van der Waals surface area contributed by atoms with Gasteiger partial charge in [-0.05, 0) is 50.5 Å². The molecule has 0 N–H and O–H groups in total. The molecular formula is C22H20ClN3O5. The molecule has 1 aliphatic carbocycles. The van der Waals surface area contributed by atoms with E-state index in [2.05, 4.69) is 0 Å². The average Bonchev–Trinajstić information content (AvgIpc) is 3.54. The summed E-state index contributed by atoms with van der Waals surface area (Å²) in [6.45, 7) is 3.37. The number of amides is 3. The van der Waals surface area contributed by atoms with Crippen LogP contribution in [0.15, 0.2) is 42.5 Å². The van der Waals surface area contributed by atoms with Gasteiger partial charge in [0.15, 0.2) is 0 Å². The van der Waals surface area contributed by atoms with E-state index in [1.807, 2.05) is 19.1 Å². The molecule has 2 unspecified atom stereocenters. The molecule has 0 radical (unpaired) electrons. The van der Waals surface area contributed by atoms with Crippen LogP contribution in [0.2, 0.25) is 5.02 Å². The number of hydrogen-bond donors (Lipinski definition) is 0. The summed E-state index contributed by atoms with van der Waals surface area (Å²) in [6, 6.07) is 9.71. The molecule has 2 aromatic rings. The van der Waals surface area contributed by atoms with E-state index in [0.29, 0.717) is 5.02 Å². The highest BCUT2D eigenvalue weighted by molar-refractivity contribution is 6.30. The maximum Gasteiger partial charge on any atom is 0.282 e. The summed E-state index contributed by atoms with van der Waals surface area (Å²) < 4.78 is 0. The first-order valence-electron chi connectivity index (χ1n) is 9.95. The van der Waals surface area contributed by atoms with Crippen LogP contribution in [0.25, 0.3) is 0 Å². The molecule has 1 heterocycles. The predicted molar refractivity (Wildman–Crippen MR) is 113 cm³/mol. The smallest absolute Gasteiger partial charge is 0.282 e. The van der Waals surface area contributed by atoms with Crippen LogP contribution in [-0.2, 0) is 4.79 Å². The van der Waals surface area contributed by atoms with E-state index in [1.165, 1.54) is 25.1 Å². The van der Waals surface area contributed by atoms with E-state index in [4.69, 9.17) is 11.6 Å². The molecule has 1 fully saturated rings. The Labute approximate surface area is 183 Å². The van der Waals surface area contributed by atoms with Crippen LogP contribution in [0.5, 0.6) is 0 Å². The average molecular weight is 442 g/mol. The molecule has 0 spiro atoms. The van der Waals surface area contributed by atoms with Crippen LogP contribution in [-0.4, -0.2) is 44.5 Å². The second-order valence-corrected chi connectivity index (χ2v) is 8.25. The van der Waals surface area contributed by atoms with Gasteiger partial charge in [0.05, 0.1) is 16.5 Å². The maximum atomic E-state index is 13.5. The van der Waals surface area contributed by atoms with Crippen molar-refractivity contribution in [1.82, 2.24) is 9.80 Å². The molecule has 0 aromatic heterocycles. The number of fused-ring (bicyclic) bond motifs is 1. The molecule has 8 nitrogen and oxygen atoms in total. The summed E-state index contributed by atoms with van der Waals surface area (Å²) in [4.78, 5) is 52.5. The second kappa shape index (κ2) is 7.77. The number of imide groups is 1. The quantitative estimate of drug-likeness (QED) is 0.383. The molecular weight excluding hydrogens is 422 g/mol. The van der Waals surface area contributed by atoms with E-state index in [1.54, 1.807) is 17.0 Å². The summed E-state index contributed by atoms with van der Waals surface area (Å²) in [5.74, 6) is -1.88. The van der Waals surface area contributed by atoms with Gasteiger partial charge in [0.1, 0.15) is 11.6 Å². The largest absolute Gasteiger partial charge is 0.331 e. The fourth-order valence-corrected chi connectivity index (χ4v) is 4.18. The number of nitro benzene ring substituents is 1. The fourth-order valence-electron chi connectivity index (χ4n) is 4.06. The molecule has 31 heavy (non-hydrogen) atoms. The highest BCUT2D eigenvalue weighted by Gasteiger charge is 2.47. The monoisotopic (exact) mass is 441 g/mol. The van der Waals surface area contributed by atoms with Crippen LogP contribution < -0.4 is 0 Å². The second-order valence-electron chi connectivity index (χ2n) is 7.82. The Hall–Kier alpha value is -3.26. The molecule has 1 saturated carbocycles. The first-order valence-corrected chi connectivity index (χ1v) is 10.3. The Kier molecular flexibility index (Phi) is 5.26. The van der Waals surface area contributed by atoms with Gasteiger partial charge in [-0.3, -0.25) is 29.4 Å². The Bertz CT molecular complexity index is 1100. The Balaban J connectivity index is 1.64. The van der Waals surface area contributed by atoms with Crippen molar-refractivity contribution in [3.8, 4) is 0 Å². The van der Waals surface area contributed by atoms with Crippen molar-refractivity contribution in [3.63, 3.8) is 0 Å². The Morgan fingerprint density at radius 3 is 2.35 bits per heavy atom. The summed E-state index contributed by atoms with van der Waals surface area (Å²) in [6.07, 6.45) is 1.67. The molecule has 3 amide bonds. The van der Waals surface area contributed by atoms with Gasteiger partial charge in [-0.15, -0.1) is 0 Å². The number of carbonyl (C=O) groups excluding carboxylic acids is 3. The van der Waals surface area contributed by atoms with Crippen LogP contribution >= 0.6 is 11.6 Å². The molecule has 9 heteroatoms. The van der Waals surface area contributed by atoms with Crippen molar-refractivity contribution in [2.24, 2.45) is 0 Å². The van der Waals surface area contributed by atoms with E-state index in [-0.39, 0.29) is 29.1 Å². The summed E-state index contributed by atoms with van der Waals surface area (Å²) >= 11 is 5.97. The van der Waals surface area contributed by atoms with Crippen molar-refractivity contribution in [2.45, 2.75) is 44.8 Å². The first kappa shape index (κ1) is 21.0. The minimum Gasteiger partial charge on any atom is -0.331 e. The zero-order valence-electron chi connectivity index (χ0n) is 16.9. The van der Waals surface area contributed by atoms with Gasteiger partial charge in [0, 0.05) is 17.1 Å². The highest BCUT2D eigenvalue weighted by atomic mass is 35.5. The molecule has 0 bridgehead atoms. The number of carbonyl (C=O) groups is 3. The zero-order valence-corrected chi connectivity index (χ0v) is 17.7. The maximum absolute atomic E-state index is 13.5. The number of nitro groups is 1. The Morgan fingerprint density at radius 1 is 1.13 bits per heavy atom. The summed E-state index contributed by atoms with van der Waals surface area (Å²) in [5.41, 5.74) is 0.130. The molecule has 4 rings (SSSR count). The standard InChI is InChI=1S/C22H20ClN3O5/c1-12(14-6-8-15(23)9-7-14)24(16-10-11-16)20(27)13(2)25-21(28)17-4-3-5-18(26(30)31)19(17)22(25)29/h3-9,12-13,16H,10-11H2,1-2H3. The van der Waals surface area contributed by atoms with E-state index < -0.39 is 28.5 Å². The lowest BCUT2D eigenvalue weighted by molar-refractivity contribution is -0.385. The third kappa shape index (κ3) is 3.57. The molecule has 2 atom stereocenters. The lowest BCUT2D eigenvalue weighted by atomic mass is 10.1. The molecule has 2 aromatic carbocycles. The summed E-state index contributed by atoms with van der Waals surface area (Å²) in [5, 5.41) is 11.9. The van der Waals surface area contributed by atoms with Gasteiger partial charge in [-0.2, -0.15) is 0 Å². The normalized spacial score (nSPS) is 17.3. The van der Waals surface area contributed by atoms with Gasteiger partial charge in [0.2, 0.25) is 5.91 Å². The number of hydrogen-bond acceptors (Lipinski definition) is 5. The van der Waals surface area contributed by atoms with Gasteiger partial charge in [-0.1, -0.05) is 29.8 Å². The number of nitrogens with zero attached hydrogens (tertiary/aromatic N) is 3.